The summed E-state index contributed by atoms with van der Waals surface area (Å²) in [5.41, 5.74) is 0. The van der Waals surface area contributed by atoms with Crippen LogP contribution < -0.4 is 0 Å². The Hall–Kier alpha value is 0.946. The maximum atomic E-state index is 2.04. The van der Waals surface area contributed by atoms with Crippen LogP contribution in [0.1, 0.15) is 0 Å². The van der Waals surface area contributed by atoms with Crippen LogP contribution in [0.25, 0.3) is 0 Å². The Bertz CT molecular complexity index is 68.2. The van der Waals surface area contributed by atoms with E-state index < -0.39 is 0 Å². The average Bonchev–Trinajstić information content (AvgIpc) is 1.76. The first kappa shape index (κ1) is 10.8. The minimum atomic E-state index is 0. The molecule has 1 rings (SSSR count). The topological polar surface area (TPSA) is 0 Å². The number of thiophene rings is 1. The number of hydrogen-bond donors (Lipinski definition) is 0. The summed E-state index contributed by atoms with van der Waals surface area (Å²) in [7, 11) is 0. The third-order valence-corrected chi connectivity index (χ3v) is 1.05. The van der Waals surface area contributed by atoms with Crippen LogP contribution in [0.5, 0.6) is 0 Å². The quantitative estimate of drug-likeness (QED) is 0.544. The molecular weight excluding hydrogens is 184 g/mol. The molecular formula is C4H7BrMgS. The maximum Gasteiger partial charge on any atom is 0.316 e. The molecule has 0 spiro atoms. The second kappa shape index (κ2) is 6.95. The van der Waals surface area contributed by atoms with Gasteiger partial charge in [-0.2, -0.15) is 11.3 Å². The van der Waals surface area contributed by atoms with E-state index >= 15 is 0 Å². The summed E-state index contributed by atoms with van der Waals surface area (Å²) in [6.45, 7) is 0. The van der Waals surface area contributed by atoms with Crippen LogP contribution in [0.4, 0.5) is 0 Å². The molecule has 0 aromatic carbocycles. The Kier molecular flexibility index (Phi) is 10.8. The van der Waals surface area contributed by atoms with Crippen LogP contribution in [0.15, 0.2) is 22.9 Å². The minimum absolute atomic E-state index is 0. The van der Waals surface area contributed by atoms with Crippen molar-refractivity contribution in [2.45, 2.75) is 0 Å². The molecule has 1 aromatic heterocycles. The molecule has 0 aliphatic heterocycles. The van der Waals surface area contributed by atoms with E-state index in [0.29, 0.717) is 0 Å². The minimum Gasteiger partial charge on any atom is -0.152 e. The highest BCUT2D eigenvalue weighted by atomic mass is 79.9. The summed E-state index contributed by atoms with van der Waals surface area (Å²) >= 11 is 1.71. The Morgan fingerprint density at radius 1 is 1.00 bits per heavy atom. The van der Waals surface area contributed by atoms with Gasteiger partial charge in [0.05, 0.1) is 0 Å². The zero-order valence-electron chi connectivity index (χ0n) is 3.13. The summed E-state index contributed by atoms with van der Waals surface area (Å²) < 4.78 is 0. The molecule has 0 amide bonds. The summed E-state index contributed by atoms with van der Waals surface area (Å²) in [6.07, 6.45) is 0. The van der Waals surface area contributed by atoms with Gasteiger partial charge in [0.2, 0.25) is 0 Å². The average molecular weight is 191 g/mol. The lowest BCUT2D eigenvalue weighted by Crippen LogP contribution is -1.16. The fraction of sp³-hybridized carbons (Fsp3) is 0. The van der Waals surface area contributed by atoms with E-state index in [0.717, 1.165) is 0 Å². The van der Waals surface area contributed by atoms with Gasteiger partial charge in [0.15, 0.2) is 0 Å². The molecule has 0 atom stereocenters. The first-order chi connectivity index (χ1) is 2.50. The molecule has 3 heteroatoms. The summed E-state index contributed by atoms with van der Waals surface area (Å²) in [5.74, 6) is 0. The van der Waals surface area contributed by atoms with E-state index in [4.69, 9.17) is 0 Å². The fourth-order valence-electron chi connectivity index (χ4n) is 0.227. The zero-order chi connectivity index (χ0) is 3.54. The van der Waals surface area contributed by atoms with Gasteiger partial charge in [-0.3, -0.25) is 0 Å². The van der Waals surface area contributed by atoms with Crippen molar-refractivity contribution in [2.75, 3.05) is 0 Å². The van der Waals surface area contributed by atoms with Crippen molar-refractivity contribution in [3.05, 3.63) is 22.9 Å². The number of hydrogen-bond acceptors (Lipinski definition) is 1. The zero-order valence-corrected chi connectivity index (χ0v) is 5.66. The van der Waals surface area contributed by atoms with Crippen LogP contribution in [0.3, 0.4) is 0 Å². The lowest BCUT2D eigenvalue weighted by atomic mass is 10.7. The molecule has 0 saturated heterocycles. The molecule has 38 valence electrons. The lowest BCUT2D eigenvalue weighted by Gasteiger charge is -1.39. The molecule has 0 fully saturated rings. The summed E-state index contributed by atoms with van der Waals surface area (Å²) in [6, 6.07) is 4.04. The molecule has 0 aliphatic rings. The van der Waals surface area contributed by atoms with Crippen LogP contribution in [-0.4, -0.2) is 23.1 Å². The molecule has 0 aliphatic carbocycles. The second-order valence-corrected chi connectivity index (χ2v) is 1.61. The smallest absolute Gasteiger partial charge is 0.152 e. The highest BCUT2D eigenvalue weighted by Crippen LogP contribution is 1.91. The van der Waals surface area contributed by atoms with E-state index in [1.54, 1.807) is 11.3 Å². The van der Waals surface area contributed by atoms with Crippen LogP contribution >= 0.6 is 28.3 Å². The van der Waals surface area contributed by atoms with Crippen molar-refractivity contribution in [1.82, 2.24) is 0 Å². The number of halogens is 1. The molecule has 0 radical (unpaired) electrons. The van der Waals surface area contributed by atoms with E-state index in [9.17, 15) is 0 Å². The van der Waals surface area contributed by atoms with E-state index in [2.05, 4.69) is 0 Å². The van der Waals surface area contributed by atoms with Gasteiger partial charge in [0, 0.05) is 0 Å². The molecule has 0 N–H and O–H groups in total. The fourth-order valence-corrected chi connectivity index (χ4v) is 0.680. The van der Waals surface area contributed by atoms with Gasteiger partial charge in [-0.25, -0.2) is 0 Å². The van der Waals surface area contributed by atoms with Crippen molar-refractivity contribution in [3.63, 3.8) is 0 Å². The predicted octanol–water partition coefficient (Wildman–Crippen LogP) is 1.41. The van der Waals surface area contributed by atoms with Crippen LogP contribution in [-0.2, 0) is 0 Å². The molecule has 0 unspecified atom stereocenters. The Morgan fingerprint density at radius 3 is 1.57 bits per heavy atom. The van der Waals surface area contributed by atoms with Crippen molar-refractivity contribution < 1.29 is 0 Å². The Morgan fingerprint density at radius 2 is 1.43 bits per heavy atom. The standard InChI is InChI=1S/C4H4S.BrH.Mg.2H/c1-2-4-5-3-1;;;;/h1-4H;1H;;;. The lowest BCUT2D eigenvalue weighted by molar-refractivity contribution is 2.03. The highest BCUT2D eigenvalue weighted by molar-refractivity contribution is 8.93. The SMILES string of the molecule is Br.[MgH2].c1ccsc1. The van der Waals surface area contributed by atoms with Gasteiger partial charge in [-0.05, 0) is 10.8 Å². The molecule has 1 heterocycles. The van der Waals surface area contributed by atoms with Gasteiger partial charge >= 0.3 is 23.1 Å². The summed E-state index contributed by atoms with van der Waals surface area (Å²) in [4.78, 5) is 0. The maximum absolute atomic E-state index is 2.04. The third-order valence-electron chi connectivity index (χ3n) is 0.425. The molecule has 7 heavy (non-hydrogen) atoms. The number of rotatable bonds is 0. The van der Waals surface area contributed by atoms with Crippen molar-refractivity contribution in [1.29, 1.82) is 0 Å². The second-order valence-electron chi connectivity index (χ2n) is 0.793. The van der Waals surface area contributed by atoms with E-state index in [-0.39, 0.29) is 40.0 Å². The van der Waals surface area contributed by atoms with Gasteiger partial charge in [-0.15, -0.1) is 17.0 Å². The summed E-state index contributed by atoms with van der Waals surface area (Å²) in [5, 5.41) is 4.08. The monoisotopic (exact) mass is 190 g/mol. The van der Waals surface area contributed by atoms with Gasteiger partial charge < -0.3 is 0 Å². The van der Waals surface area contributed by atoms with Gasteiger partial charge in [-0.1, -0.05) is 12.1 Å². The molecule has 0 nitrogen and oxygen atoms in total. The van der Waals surface area contributed by atoms with Crippen molar-refractivity contribution >= 4 is 51.4 Å². The predicted molar refractivity (Wildman–Crippen MR) is 43.2 cm³/mol. The van der Waals surface area contributed by atoms with Gasteiger partial charge in [0.1, 0.15) is 0 Å². The molecule has 0 saturated carbocycles. The normalized spacial score (nSPS) is 5.71. The largest absolute Gasteiger partial charge is 0.316 e. The Balaban J connectivity index is 0. The third kappa shape index (κ3) is 4.81. The van der Waals surface area contributed by atoms with Crippen LogP contribution in [0, 0.1) is 0 Å². The van der Waals surface area contributed by atoms with Crippen molar-refractivity contribution in [3.8, 4) is 0 Å². The Labute approximate surface area is 73.9 Å². The van der Waals surface area contributed by atoms with E-state index in [1.807, 2.05) is 22.9 Å². The van der Waals surface area contributed by atoms with Gasteiger partial charge in [0.25, 0.3) is 0 Å². The van der Waals surface area contributed by atoms with Crippen LogP contribution in [0.2, 0.25) is 0 Å². The molecule has 1 aromatic rings. The first-order valence-electron chi connectivity index (χ1n) is 1.47. The molecule has 0 bridgehead atoms. The van der Waals surface area contributed by atoms with E-state index in [1.165, 1.54) is 0 Å². The van der Waals surface area contributed by atoms with Crippen molar-refractivity contribution in [2.24, 2.45) is 0 Å². The first-order valence-corrected chi connectivity index (χ1v) is 2.41. The highest BCUT2D eigenvalue weighted by Gasteiger charge is 1.58.